The molecule has 0 saturated carbocycles. The van der Waals surface area contributed by atoms with Crippen molar-refractivity contribution in [3.8, 4) is 0 Å². The molecule has 9 nitrogen and oxygen atoms in total. The fourth-order valence-electron chi connectivity index (χ4n) is 3.53. The standard InChI is InChI=1S/C19H17N5O4/c1-10(25)17-22-23-18(28-17)19(26)24-7-6-12-15(21-9-20-12)16(24)14-8-11-4-2-3-5-13(11)27-14/h2-5,8-10,16,25H,6-7H2,1H3,(H,20,21)/t10-,16-/m1/s1. The molecule has 0 spiro atoms. The Morgan fingerprint density at radius 2 is 2.18 bits per heavy atom. The maximum absolute atomic E-state index is 13.1. The molecular weight excluding hydrogens is 362 g/mol. The Balaban J connectivity index is 1.58. The molecule has 3 aromatic heterocycles. The molecule has 0 bridgehead atoms. The average molecular weight is 379 g/mol. The van der Waals surface area contributed by atoms with E-state index in [2.05, 4.69) is 20.2 Å². The first-order chi connectivity index (χ1) is 13.6. The lowest BCUT2D eigenvalue weighted by Gasteiger charge is -2.32. The van der Waals surface area contributed by atoms with Gasteiger partial charge in [0.05, 0.1) is 12.0 Å². The van der Waals surface area contributed by atoms with Crippen LogP contribution in [-0.2, 0) is 6.42 Å². The number of aromatic amines is 1. The minimum Gasteiger partial charge on any atom is -0.458 e. The van der Waals surface area contributed by atoms with Crippen molar-refractivity contribution < 1.29 is 18.7 Å². The van der Waals surface area contributed by atoms with Crippen LogP contribution in [-0.4, -0.2) is 42.6 Å². The summed E-state index contributed by atoms with van der Waals surface area (Å²) in [5.41, 5.74) is 2.43. The number of amides is 1. The van der Waals surface area contributed by atoms with Crippen LogP contribution in [0.15, 0.2) is 45.5 Å². The second-order valence-electron chi connectivity index (χ2n) is 6.73. The maximum atomic E-state index is 13.1. The topological polar surface area (TPSA) is 121 Å². The molecule has 1 aliphatic heterocycles. The predicted molar refractivity (Wildman–Crippen MR) is 96.3 cm³/mol. The van der Waals surface area contributed by atoms with Crippen molar-refractivity contribution in [2.24, 2.45) is 0 Å². The molecule has 0 saturated heterocycles. The summed E-state index contributed by atoms with van der Waals surface area (Å²) >= 11 is 0. The van der Waals surface area contributed by atoms with Crippen LogP contribution in [0, 0.1) is 0 Å². The number of fused-ring (bicyclic) bond motifs is 2. The number of H-pyrrole nitrogens is 1. The van der Waals surface area contributed by atoms with Gasteiger partial charge in [0.25, 0.3) is 0 Å². The number of aromatic nitrogens is 4. The molecule has 28 heavy (non-hydrogen) atoms. The fraction of sp³-hybridized carbons (Fsp3) is 0.263. The molecule has 0 unspecified atom stereocenters. The number of para-hydroxylation sites is 1. The number of carbonyl (C=O) groups excluding carboxylic acids is 1. The first kappa shape index (κ1) is 16.7. The van der Waals surface area contributed by atoms with Gasteiger partial charge < -0.3 is 23.8 Å². The summed E-state index contributed by atoms with van der Waals surface area (Å²) in [6.07, 6.45) is 1.29. The minimum atomic E-state index is -0.945. The zero-order valence-corrected chi connectivity index (χ0v) is 15.0. The zero-order valence-electron chi connectivity index (χ0n) is 15.0. The van der Waals surface area contributed by atoms with Gasteiger partial charge in [0.15, 0.2) is 0 Å². The summed E-state index contributed by atoms with van der Waals surface area (Å²) in [4.78, 5) is 22.3. The third kappa shape index (κ3) is 2.59. The van der Waals surface area contributed by atoms with Crippen molar-refractivity contribution in [1.82, 2.24) is 25.1 Å². The monoisotopic (exact) mass is 379 g/mol. The first-order valence-electron chi connectivity index (χ1n) is 8.95. The molecule has 4 heterocycles. The lowest BCUT2D eigenvalue weighted by Crippen LogP contribution is -2.40. The van der Waals surface area contributed by atoms with E-state index in [1.807, 2.05) is 30.3 Å². The van der Waals surface area contributed by atoms with E-state index in [9.17, 15) is 9.90 Å². The number of hydrogen-bond donors (Lipinski definition) is 2. The molecule has 1 amide bonds. The van der Waals surface area contributed by atoms with E-state index >= 15 is 0 Å². The van der Waals surface area contributed by atoms with Gasteiger partial charge in [-0.15, -0.1) is 10.2 Å². The van der Waals surface area contributed by atoms with Crippen LogP contribution in [0.4, 0.5) is 0 Å². The highest BCUT2D eigenvalue weighted by Crippen LogP contribution is 2.37. The lowest BCUT2D eigenvalue weighted by atomic mass is 10.00. The van der Waals surface area contributed by atoms with Gasteiger partial charge in [-0.05, 0) is 19.1 Å². The van der Waals surface area contributed by atoms with Crippen LogP contribution < -0.4 is 0 Å². The number of hydrogen-bond acceptors (Lipinski definition) is 7. The fourth-order valence-corrected chi connectivity index (χ4v) is 3.53. The van der Waals surface area contributed by atoms with E-state index in [0.29, 0.717) is 18.7 Å². The van der Waals surface area contributed by atoms with Crippen LogP contribution in [0.2, 0.25) is 0 Å². The molecule has 2 atom stereocenters. The largest absolute Gasteiger partial charge is 0.458 e. The van der Waals surface area contributed by atoms with E-state index in [-0.39, 0.29) is 11.8 Å². The van der Waals surface area contributed by atoms with E-state index in [1.54, 1.807) is 11.2 Å². The summed E-state index contributed by atoms with van der Waals surface area (Å²) in [5, 5.41) is 18.1. The lowest BCUT2D eigenvalue weighted by molar-refractivity contribution is 0.0623. The summed E-state index contributed by atoms with van der Waals surface area (Å²) < 4.78 is 11.4. The van der Waals surface area contributed by atoms with Gasteiger partial charge in [0, 0.05) is 24.0 Å². The van der Waals surface area contributed by atoms with Gasteiger partial charge >= 0.3 is 11.8 Å². The van der Waals surface area contributed by atoms with Crippen molar-refractivity contribution >= 4 is 16.9 Å². The highest BCUT2D eigenvalue weighted by Gasteiger charge is 2.38. The second-order valence-corrected chi connectivity index (χ2v) is 6.73. The Morgan fingerprint density at radius 1 is 1.32 bits per heavy atom. The molecule has 9 heteroatoms. The van der Waals surface area contributed by atoms with Gasteiger partial charge in [-0.3, -0.25) is 4.79 Å². The average Bonchev–Trinajstić information content (AvgIpc) is 3.44. The van der Waals surface area contributed by atoms with Gasteiger partial charge in [-0.1, -0.05) is 18.2 Å². The third-order valence-electron chi connectivity index (χ3n) is 4.88. The van der Waals surface area contributed by atoms with Crippen LogP contribution in [0.5, 0.6) is 0 Å². The zero-order chi connectivity index (χ0) is 19.3. The number of carbonyl (C=O) groups is 1. The third-order valence-corrected chi connectivity index (χ3v) is 4.88. The van der Waals surface area contributed by atoms with E-state index in [4.69, 9.17) is 8.83 Å². The number of nitrogens with one attached hydrogen (secondary N) is 1. The SMILES string of the molecule is C[C@@H](O)c1nnc(C(=O)N2CCc3[nH]cnc3[C@H]2c2cc3ccccc3o2)o1. The van der Waals surface area contributed by atoms with E-state index in [0.717, 1.165) is 22.4 Å². The summed E-state index contributed by atoms with van der Waals surface area (Å²) in [6.45, 7) is 1.93. The Kier molecular flexibility index (Phi) is 3.76. The van der Waals surface area contributed by atoms with Crippen LogP contribution in [0.25, 0.3) is 11.0 Å². The normalized spacial score (nSPS) is 17.6. The second kappa shape index (κ2) is 6.31. The number of aliphatic hydroxyl groups is 1. The Bertz CT molecular complexity index is 1120. The molecular formula is C19H17N5O4. The van der Waals surface area contributed by atoms with Crippen molar-refractivity contribution in [3.05, 3.63) is 65.6 Å². The van der Waals surface area contributed by atoms with Crippen LogP contribution >= 0.6 is 0 Å². The molecule has 5 rings (SSSR count). The van der Waals surface area contributed by atoms with Crippen molar-refractivity contribution in [1.29, 1.82) is 0 Å². The number of aliphatic hydroxyl groups excluding tert-OH is 1. The van der Waals surface area contributed by atoms with Crippen LogP contribution in [0.3, 0.4) is 0 Å². The smallest absolute Gasteiger partial charge is 0.312 e. The first-order valence-corrected chi connectivity index (χ1v) is 8.95. The summed E-state index contributed by atoms with van der Waals surface area (Å²) in [6, 6.07) is 9.06. The molecule has 0 aliphatic carbocycles. The van der Waals surface area contributed by atoms with Crippen LogP contribution in [0.1, 0.15) is 52.8 Å². The Hall–Kier alpha value is -3.46. The molecule has 4 aromatic rings. The van der Waals surface area contributed by atoms with E-state index < -0.39 is 18.1 Å². The van der Waals surface area contributed by atoms with Crippen molar-refractivity contribution in [3.63, 3.8) is 0 Å². The molecule has 1 aromatic carbocycles. The quantitative estimate of drug-likeness (QED) is 0.560. The number of nitrogens with zero attached hydrogens (tertiary/aromatic N) is 4. The molecule has 142 valence electrons. The summed E-state index contributed by atoms with van der Waals surface area (Å²) in [5.74, 6) is 0.00785. The molecule has 2 N–H and O–H groups in total. The number of benzene rings is 1. The maximum Gasteiger partial charge on any atom is 0.312 e. The molecule has 0 radical (unpaired) electrons. The number of furan rings is 1. The van der Waals surface area contributed by atoms with Crippen molar-refractivity contribution in [2.75, 3.05) is 6.54 Å². The Morgan fingerprint density at radius 3 is 2.96 bits per heavy atom. The van der Waals surface area contributed by atoms with Crippen molar-refractivity contribution in [2.45, 2.75) is 25.5 Å². The molecule has 1 aliphatic rings. The van der Waals surface area contributed by atoms with Gasteiger partial charge in [0.1, 0.15) is 23.5 Å². The van der Waals surface area contributed by atoms with Gasteiger partial charge in [0.2, 0.25) is 5.89 Å². The minimum absolute atomic E-state index is 0.00102. The predicted octanol–water partition coefficient (Wildman–Crippen LogP) is 2.38. The highest BCUT2D eigenvalue weighted by atomic mass is 16.4. The van der Waals surface area contributed by atoms with Gasteiger partial charge in [-0.2, -0.15) is 0 Å². The van der Waals surface area contributed by atoms with Gasteiger partial charge in [-0.25, -0.2) is 4.98 Å². The number of imidazole rings is 1. The Labute approximate surface area is 159 Å². The summed E-state index contributed by atoms with van der Waals surface area (Å²) in [7, 11) is 0. The molecule has 0 fully saturated rings. The van der Waals surface area contributed by atoms with E-state index in [1.165, 1.54) is 6.92 Å². The number of rotatable bonds is 3. The highest BCUT2D eigenvalue weighted by molar-refractivity contribution is 5.90.